The number of piperazine rings is 1. The Morgan fingerprint density at radius 3 is 2.22 bits per heavy atom. The minimum absolute atomic E-state index is 0.0388. The molecule has 2 aliphatic rings. The second kappa shape index (κ2) is 15.3. The largest absolute Gasteiger partial charge is 0.339 e. The molecule has 1 aromatic carbocycles. The predicted molar refractivity (Wildman–Crippen MR) is 182 cm³/mol. The molecule has 4 heterocycles. The van der Waals surface area contributed by atoms with Crippen molar-refractivity contribution in [2.24, 2.45) is 0 Å². The van der Waals surface area contributed by atoms with Gasteiger partial charge in [0.25, 0.3) is 11.8 Å². The average Bonchev–Trinajstić information content (AvgIpc) is 3.76. The van der Waals surface area contributed by atoms with Gasteiger partial charge in [0, 0.05) is 51.5 Å². The molecule has 264 valence electrons. The maximum atomic E-state index is 15.5. The van der Waals surface area contributed by atoms with Crippen molar-refractivity contribution in [2.75, 3.05) is 58.7 Å². The van der Waals surface area contributed by atoms with Gasteiger partial charge >= 0.3 is 0 Å². The Morgan fingerprint density at radius 1 is 0.898 bits per heavy atom. The smallest absolute Gasteiger partial charge is 0.270 e. The first-order chi connectivity index (χ1) is 23.4. The van der Waals surface area contributed by atoms with Crippen molar-refractivity contribution in [1.82, 2.24) is 44.9 Å². The third kappa shape index (κ3) is 8.51. The third-order valence-corrected chi connectivity index (χ3v) is 9.32. The van der Waals surface area contributed by atoms with Crippen molar-refractivity contribution < 1.29 is 23.6 Å². The molecule has 0 aliphatic carbocycles. The number of rotatable bonds is 11. The zero-order valence-electron chi connectivity index (χ0n) is 28.9. The molecule has 0 bridgehead atoms. The van der Waals surface area contributed by atoms with Crippen LogP contribution in [0.3, 0.4) is 0 Å². The van der Waals surface area contributed by atoms with E-state index >= 15 is 4.39 Å². The van der Waals surface area contributed by atoms with Gasteiger partial charge in [0.1, 0.15) is 28.8 Å². The van der Waals surface area contributed by atoms with Gasteiger partial charge in [-0.05, 0) is 90.6 Å². The lowest BCUT2D eigenvalue weighted by atomic mass is 10.0. The Balaban J connectivity index is 1.29. The highest BCUT2D eigenvalue weighted by molar-refractivity contribution is 6.02. The number of nitrogens with zero attached hydrogens (tertiary/aromatic N) is 7. The molecule has 1 atom stereocenters. The maximum absolute atomic E-state index is 15.5. The van der Waals surface area contributed by atoms with Crippen LogP contribution < -0.4 is 16.0 Å². The highest BCUT2D eigenvalue weighted by Crippen LogP contribution is 2.23. The second-order valence-corrected chi connectivity index (χ2v) is 13.4. The number of likely N-dealkylation sites (tertiary alicyclic amines) is 1. The molecule has 4 amide bonds. The van der Waals surface area contributed by atoms with Crippen LogP contribution in [0.4, 0.5) is 10.1 Å². The molecular weight excluding hydrogens is 631 g/mol. The second-order valence-electron chi connectivity index (χ2n) is 13.4. The van der Waals surface area contributed by atoms with E-state index in [1.165, 1.54) is 36.9 Å². The van der Waals surface area contributed by atoms with Crippen LogP contribution in [0.1, 0.15) is 66.2 Å². The minimum Gasteiger partial charge on any atom is -0.339 e. The molecule has 15 heteroatoms. The van der Waals surface area contributed by atoms with Gasteiger partial charge in [0.15, 0.2) is 0 Å². The molecule has 2 aromatic heterocycles. The Morgan fingerprint density at radius 2 is 1.55 bits per heavy atom. The summed E-state index contributed by atoms with van der Waals surface area (Å²) < 4.78 is 18.7. The molecule has 14 nitrogen and oxygen atoms in total. The molecule has 3 aromatic rings. The first kappa shape index (κ1) is 35.7. The van der Waals surface area contributed by atoms with Gasteiger partial charge in [-0.2, -0.15) is 10.2 Å². The summed E-state index contributed by atoms with van der Waals surface area (Å²) in [6.45, 7) is 9.61. The number of carbonyl (C=O) groups is 4. The summed E-state index contributed by atoms with van der Waals surface area (Å²) in [4.78, 5) is 59.6. The Kier molecular flexibility index (Phi) is 11.1. The number of aryl methyl sites for hydroxylation is 1. The number of benzene rings is 1. The molecule has 3 N–H and O–H groups in total. The summed E-state index contributed by atoms with van der Waals surface area (Å²) in [5.74, 6) is -2.48. The molecular formula is C34H47FN10O4. The molecule has 49 heavy (non-hydrogen) atoms. The van der Waals surface area contributed by atoms with Crippen molar-refractivity contribution in [3.63, 3.8) is 0 Å². The number of amides is 4. The van der Waals surface area contributed by atoms with E-state index in [4.69, 9.17) is 0 Å². The van der Waals surface area contributed by atoms with Gasteiger partial charge in [-0.15, -0.1) is 0 Å². The number of hydrogen-bond acceptors (Lipinski definition) is 8. The first-order valence-corrected chi connectivity index (χ1v) is 16.8. The van der Waals surface area contributed by atoms with Gasteiger partial charge in [-0.1, -0.05) is 6.07 Å². The Bertz CT molecular complexity index is 1650. The number of carbonyl (C=O) groups excluding carboxylic acids is 4. The van der Waals surface area contributed by atoms with Gasteiger partial charge in [0.2, 0.25) is 11.8 Å². The molecule has 2 aliphatic heterocycles. The number of anilines is 1. The van der Waals surface area contributed by atoms with Crippen LogP contribution in [0.25, 0.3) is 0 Å². The number of aromatic nitrogens is 4. The molecule has 0 saturated carbocycles. The summed E-state index contributed by atoms with van der Waals surface area (Å²) in [6, 6.07) is 6.62. The van der Waals surface area contributed by atoms with E-state index < -0.39 is 35.1 Å². The van der Waals surface area contributed by atoms with Gasteiger partial charge in [-0.25, -0.2) is 4.39 Å². The maximum Gasteiger partial charge on any atom is 0.270 e. The lowest BCUT2D eigenvalue weighted by molar-refractivity contribution is -0.134. The van der Waals surface area contributed by atoms with Gasteiger partial charge in [-0.3, -0.25) is 28.5 Å². The van der Waals surface area contributed by atoms with E-state index in [9.17, 15) is 19.2 Å². The molecule has 0 radical (unpaired) electrons. The van der Waals surface area contributed by atoms with Crippen molar-refractivity contribution in [3.05, 3.63) is 65.5 Å². The lowest BCUT2D eigenvalue weighted by Gasteiger charge is -2.35. The van der Waals surface area contributed by atoms with E-state index in [0.717, 1.165) is 25.9 Å². The van der Waals surface area contributed by atoms with Crippen molar-refractivity contribution in [3.8, 4) is 0 Å². The SMILES string of the molecule is CCn1nccc1C(=O)NC(C)(C)C(=O)Nc1ccc(C[C@@H](NC(=O)c2ccnn2C2CCN(C)CC2)C(=O)N2CCN(C)CC2)cc1F. The van der Waals surface area contributed by atoms with Crippen LogP contribution in [0.2, 0.25) is 0 Å². The summed E-state index contributed by atoms with van der Waals surface area (Å²) in [5.41, 5.74) is -0.313. The van der Waals surface area contributed by atoms with E-state index in [1.54, 1.807) is 34.0 Å². The van der Waals surface area contributed by atoms with Crippen LogP contribution in [0, 0.1) is 5.82 Å². The molecule has 0 unspecified atom stereocenters. The zero-order valence-corrected chi connectivity index (χ0v) is 28.9. The summed E-state index contributed by atoms with van der Waals surface area (Å²) in [7, 11) is 4.06. The number of likely N-dealkylation sites (N-methyl/N-ethyl adjacent to an activating group) is 1. The van der Waals surface area contributed by atoms with Crippen LogP contribution in [-0.2, 0) is 22.6 Å². The van der Waals surface area contributed by atoms with Crippen LogP contribution in [0.15, 0.2) is 42.7 Å². The zero-order chi connectivity index (χ0) is 35.3. The van der Waals surface area contributed by atoms with Gasteiger partial charge < -0.3 is 30.7 Å². The molecule has 0 spiro atoms. The fraction of sp³-hybridized carbons (Fsp3) is 0.529. The summed E-state index contributed by atoms with van der Waals surface area (Å²) in [5, 5.41) is 16.7. The molecule has 2 fully saturated rings. The summed E-state index contributed by atoms with van der Waals surface area (Å²) >= 11 is 0. The monoisotopic (exact) mass is 678 g/mol. The minimum atomic E-state index is -1.38. The van der Waals surface area contributed by atoms with E-state index in [2.05, 4.69) is 43.0 Å². The van der Waals surface area contributed by atoms with E-state index in [-0.39, 0.29) is 24.1 Å². The van der Waals surface area contributed by atoms with Crippen LogP contribution >= 0.6 is 0 Å². The Labute approximate surface area is 286 Å². The van der Waals surface area contributed by atoms with Crippen molar-refractivity contribution in [1.29, 1.82) is 0 Å². The molecule has 2 saturated heterocycles. The standard InChI is InChI=1S/C34H47FN10O4/c1-6-44-28(9-13-36-44)31(47)40-34(2,3)33(49)39-26-8-7-23(21-25(26)35)22-27(32(48)43-19-17-42(5)18-20-43)38-30(46)29-10-14-37-45(29)24-11-15-41(4)16-12-24/h7-10,13-14,21,24,27H,6,11-12,15-20,22H2,1-5H3,(H,38,46)(H,39,49)(H,40,47)/t27-/m1/s1. The van der Waals surface area contributed by atoms with Crippen molar-refractivity contribution in [2.45, 2.75) is 64.2 Å². The lowest BCUT2D eigenvalue weighted by Crippen LogP contribution is -2.55. The quantitative estimate of drug-likeness (QED) is 0.278. The number of halogens is 1. The molecule has 5 rings (SSSR count). The van der Waals surface area contributed by atoms with Crippen molar-refractivity contribution >= 4 is 29.3 Å². The van der Waals surface area contributed by atoms with Gasteiger partial charge in [0.05, 0.1) is 11.7 Å². The first-order valence-electron chi connectivity index (χ1n) is 16.8. The predicted octanol–water partition coefficient (Wildman–Crippen LogP) is 1.77. The normalized spacial score (nSPS) is 17.1. The van der Waals surface area contributed by atoms with Crippen LogP contribution in [0.5, 0.6) is 0 Å². The Hall–Kier alpha value is -4.63. The number of hydrogen-bond donors (Lipinski definition) is 3. The average molecular weight is 679 g/mol. The number of nitrogens with one attached hydrogen (secondary N) is 3. The highest BCUT2D eigenvalue weighted by Gasteiger charge is 2.33. The fourth-order valence-corrected chi connectivity index (χ4v) is 6.19. The van der Waals surface area contributed by atoms with E-state index in [1.807, 2.05) is 14.0 Å². The highest BCUT2D eigenvalue weighted by atomic mass is 19.1. The van der Waals surface area contributed by atoms with Crippen LogP contribution in [-0.4, -0.2) is 123 Å². The third-order valence-electron chi connectivity index (χ3n) is 9.32. The summed E-state index contributed by atoms with van der Waals surface area (Å²) in [6.07, 6.45) is 4.86. The number of piperidine rings is 1. The van der Waals surface area contributed by atoms with E-state index in [0.29, 0.717) is 49.7 Å². The fourth-order valence-electron chi connectivity index (χ4n) is 6.19. The topological polar surface area (TPSA) is 150 Å².